The third-order valence-electron chi connectivity index (χ3n) is 10.4. The maximum absolute atomic E-state index is 13.1. The number of halogens is 4. The number of aromatic amines is 2. The average molecular weight is 771 g/mol. The number of esters is 1. The number of carbonyl (C=O) groups excluding carboxylic acids is 4. The summed E-state index contributed by atoms with van der Waals surface area (Å²) in [5.74, 6) is -1.83. The fourth-order valence-corrected chi connectivity index (χ4v) is 7.65. The zero-order valence-corrected chi connectivity index (χ0v) is 31.0. The average Bonchev–Trinajstić information content (AvgIpc) is 3.99. The minimum atomic E-state index is -0.799. The van der Waals surface area contributed by atoms with E-state index in [1.807, 2.05) is 12.3 Å². The number of Topliss-reactive ketones (excluding diaryl/α,β-unsaturated/α-hetero) is 3. The van der Waals surface area contributed by atoms with Gasteiger partial charge in [-0.2, -0.15) is 0 Å². The predicted molar refractivity (Wildman–Crippen MR) is 199 cm³/mol. The minimum Gasteiger partial charge on any atom is -0.468 e. The molecule has 284 valence electrons. The molecular formula is C43H38F4N2O5S. The number of nitrogens with one attached hydrogen (secondary N) is 2. The highest BCUT2D eigenvalue weighted by Gasteiger charge is 2.36. The monoisotopic (exact) mass is 770 g/mol. The summed E-state index contributed by atoms with van der Waals surface area (Å²) < 4.78 is 56.5. The van der Waals surface area contributed by atoms with Crippen molar-refractivity contribution in [3.8, 4) is 0 Å². The molecule has 0 aliphatic heterocycles. The molecule has 0 saturated heterocycles. The Labute approximate surface area is 320 Å². The molecule has 4 aromatic carbocycles. The van der Waals surface area contributed by atoms with Crippen LogP contribution in [0.5, 0.6) is 0 Å². The fourth-order valence-electron chi connectivity index (χ4n) is 7.48. The maximum Gasteiger partial charge on any atom is 0.316 e. The van der Waals surface area contributed by atoms with E-state index in [2.05, 4.69) is 14.7 Å². The van der Waals surface area contributed by atoms with Gasteiger partial charge >= 0.3 is 5.97 Å². The number of hydrogen-bond acceptors (Lipinski definition) is 6. The van der Waals surface area contributed by atoms with E-state index in [4.69, 9.17) is 12.2 Å². The lowest BCUT2D eigenvalue weighted by Gasteiger charge is -2.04. The van der Waals surface area contributed by atoms with Crippen molar-refractivity contribution in [2.45, 2.75) is 57.8 Å². The van der Waals surface area contributed by atoms with Crippen LogP contribution in [-0.2, 0) is 52.9 Å². The first kappa shape index (κ1) is 39.2. The molecule has 4 aliphatic carbocycles. The van der Waals surface area contributed by atoms with Gasteiger partial charge in [-0.3, -0.25) is 19.2 Å². The van der Waals surface area contributed by atoms with Crippen molar-refractivity contribution < 1.29 is 41.5 Å². The van der Waals surface area contributed by atoms with Crippen LogP contribution >= 0.6 is 12.2 Å². The summed E-state index contributed by atoms with van der Waals surface area (Å²) in [6, 6.07) is 18.1. The zero-order chi connectivity index (χ0) is 39.4. The summed E-state index contributed by atoms with van der Waals surface area (Å²) in [4.78, 5) is 51.2. The third-order valence-corrected chi connectivity index (χ3v) is 10.6. The zero-order valence-electron chi connectivity index (χ0n) is 30.1. The number of aromatic nitrogens is 2. The van der Waals surface area contributed by atoms with Gasteiger partial charge in [-0.1, -0.05) is 12.1 Å². The number of rotatable bonds is 3. The highest BCUT2D eigenvalue weighted by molar-refractivity contribution is 7.71. The molecule has 1 heterocycles. The van der Waals surface area contributed by atoms with Crippen LogP contribution < -0.4 is 0 Å². The molecule has 0 bridgehead atoms. The maximum atomic E-state index is 13.1. The summed E-state index contributed by atoms with van der Waals surface area (Å²) in [7, 11) is 1.24. The Morgan fingerprint density at radius 3 is 1.80 bits per heavy atom. The Kier molecular flexibility index (Phi) is 12.0. The molecule has 3 unspecified atom stereocenters. The van der Waals surface area contributed by atoms with E-state index >= 15 is 0 Å². The van der Waals surface area contributed by atoms with E-state index in [9.17, 15) is 36.7 Å². The molecular weight excluding hydrogens is 733 g/mol. The van der Waals surface area contributed by atoms with Gasteiger partial charge in [0.05, 0.1) is 7.11 Å². The van der Waals surface area contributed by atoms with E-state index in [-0.39, 0.29) is 47.1 Å². The first-order valence-corrected chi connectivity index (χ1v) is 18.2. The predicted octanol–water partition coefficient (Wildman–Crippen LogP) is 8.53. The van der Waals surface area contributed by atoms with E-state index in [1.54, 1.807) is 25.1 Å². The number of H-pyrrole nitrogens is 2. The van der Waals surface area contributed by atoms with Crippen LogP contribution in [-0.4, -0.2) is 40.4 Å². The standard InChI is InChI=1S/C12H11FN2S.C11H9FO3.C11H11FO.C9H7FO/c13-10-2-1-7-3-9(4-8(7)5-10)11-6-14-12(16)15-11;1-15-11(14)9-5-6-4-7(12)2-3-8(6)10(9)13;1-7(13)9-4-8-2-3-11(12)6-10(8)5-9;10-7-2-3-8-6(5-7)1-4-9(8)11/h1-2,5-6,9H,3-4H2,(H2,14,15,16);2-4,9H,5H2,1H3;2-3,6,9H,4-5H2,1H3;2-3,5H,1,4H2. The number of ketones is 3. The lowest BCUT2D eigenvalue weighted by Crippen LogP contribution is -2.21. The summed E-state index contributed by atoms with van der Waals surface area (Å²) in [6.07, 6.45) is 6.72. The number of carbonyl (C=O) groups is 4. The molecule has 55 heavy (non-hydrogen) atoms. The fraction of sp³-hybridized carbons (Fsp3) is 0.279. The lowest BCUT2D eigenvalue weighted by atomic mass is 10.0. The number of hydrogen-bond donors (Lipinski definition) is 2. The molecule has 4 aliphatic rings. The summed E-state index contributed by atoms with van der Waals surface area (Å²) in [6.45, 7) is 1.60. The van der Waals surface area contributed by atoms with Gasteiger partial charge in [-0.25, -0.2) is 17.6 Å². The number of benzene rings is 4. The van der Waals surface area contributed by atoms with Gasteiger partial charge in [-0.05, 0) is 152 Å². The van der Waals surface area contributed by atoms with Crippen molar-refractivity contribution in [3.63, 3.8) is 0 Å². The number of fused-ring (bicyclic) bond motifs is 4. The summed E-state index contributed by atoms with van der Waals surface area (Å²) >= 11 is 5.00. The van der Waals surface area contributed by atoms with Gasteiger partial charge in [0.25, 0.3) is 0 Å². The Hall–Kier alpha value is -5.49. The van der Waals surface area contributed by atoms with Crippen LogP contribution in [0.15, 0.2) is 79.0 Å². The first-order valence-electron chi connectivity index (χ1n) is 17.8. The second kappa shape index (κ2) is 16.9. The van der Waals surface area contributed by atoms with Gasteiger partial charge < -0.3 is 14.7 Å². The summed E-state index contributed by atoms with van der Waals surface area (Å²) in [5.41, 5.74) is 8.16. The quantitative estimate of drug-likeness (QED) is 0.0825. The highest BCUT2D eigenvalue weighted by atomic mass is 32.1. The number of aryl methyl sites for hydroxylation is 1. The van der Waals surface area contributed by atoms with E-state index in [0.29, 0.717) is 46.6 Å². The van der Waals surface area contributed by atoms with Crippen LogP contribution in [0.3, 0.4) is 0 Å². The molecule has 0 saturated carbocycles. The number of methoxy groups -OCH3 is 1. The molecule has 0 spiro atoms. The van der Waals surface area contributed by atoms with Crippen LogP contribution in [0.4, 0.5) is 17.6 Å². The number of imidazole rings is 1. The van der Waals surface area contributed by atoms with Gasteiger partial charge in [0, 0.05) is 41.3 Å². The van der Waals surface area contributed by atoms with Crippen LogP contribution in [0, 0.1) is 39.9 Å². The molecule has 7 nitrogen and oxygen atoms in total. The molecule has 0 radical (unpaired) electrons. The molecule has 3 atom stereocenters. The molecule has 5 aromatic rings. The van der Waals surface area contributed by atoms with E-state index < -0.39 is 17.7 Å². The van der Waals surface area contributed by atoms with Crippen LogP contribution in [0.25, 0.3) is 0 Å². The Balaban J connectivity index is 0.000000126. The van der Waals surface area contributed by atoms with Gasteiger partial charge in [0.1, 0.15) is 35.0 Å². The van der Waals surface area contributed by atoms with Crippen molar-refractivity contribution in [2.24, 2.45) is 11.8 Å². The molecule has 0 amide bonds. The van der Waals surface area contributed by atoms with Crippen molar-refractivity contribution in [1.29, 1.82) is 0 Å². The minimum absolute atomic E-state index is 0.0804. The van der Waals surface area contributed by atoms with Crippen LogP contribution in [0.2, 0.25) is 0 Å². The molecule has 1 aromatic heterocycles. The lowest BCUT2D eigenvalue weighted by molar-refractivity contribution is -0.143. The molecule has 0 fully saturated rings. The van der Waals surface area contributed by atoms with E-state index in [1.165, 1.54) is 61.2 Å². The third kappa shape index (κ3) is 9.25. The van der Waals surface area contributed by atoms with Crippen molar-refractivity contribution in [2.75, 3.05) is 7.11 Å². The molecule has 2 N–H and O–H groups in total. The van der Waals surface area contributed by atoms with Crippen LogP contribution in [0.1, 0.15) is 79.1 Å². The second-order valence-corrected chi connectivity index (χ2v) is 14.4. The van der Waals surface area contributed by atoms with E-state index in [0.717, 1.165) is 47.2 Å². The van der Waals surface area contributed by atoms with Crippen molar-refractivity contribution >= 4 is 35.5 Å². The molecule has 9 rings (SSSR count). The van der Waals surface area contributed by atoms with Gasteiger partial charge in [-0.15, -0.1) is 0 Å². The smallest absolute Gasteiger partial charge is 0.316 e. The highest BCUT2D eigenvalue weighted by Crippen LogP contribution is 2.33. The largest absolute Gasteiger partial charge is 0.468 e. The topological polar surface area (TPSA) is 109 Å². The molecule has 12 heteroatoms. The normalized spacial score (nSPS) is 18.3. The Bertz CT molecular complexity index is 2350. The summed E-state index contributed by atoms with van der Waals surface area (Å²) in [5, 5.41) is 0. The Morgan fingerprint density at radius 2 is 1.20 bits per heavy atom. The first-order chi connectivity index (χ1) is 26.3. The van der Waals surface area contributed by atoms with Gasteiger partial charge in [0.2, 0.25) is 0 Å². The van der Waals surface area contributed by atoms with Crippen molar-refractivity contribution in [1.82, 2.24) is 9.97 Å². The number of ether oxygens (including phenoxy) is 1. The van der Waals surface area contributed by atoms with Crippen molar-refractivity contribution in [3.05, 3.63) is 157 Å². The van der Waals surface area contributed by atoms with Gasteiger partial charge in [0.15, 0.2) is 16.3 Å². The second-order valence-electron chi connectivity index (χ2n) is 14.0. The SMILES string of the molecule is CC(=O)C1Cc2ccc(F)cc2C1.COC(=O)C1Cc2cc(F)ccc2C1=O.Fc1ccc2c(c1)CC(c1c[nH]c(=S)[nH]1)C2.O=C1CCc2cc(F)ccc21. The Morgan fingerprint density at radius 1 is 0.673 bits per heavy atom.